The van der Waals surface area contributed by atoms with Crippen molar-refractivity contribution < 1.29 is 4.79 Å². The summed E-state index contributed by atoms with van der Waals surface area (Å²) >= 11 is 0. The van der Waals surface area contributed by atoms with Gasteiger partial charge < -0.3 is 10.6 Å². The van der Waals surface area contributed by atoms with Crippen molar-refractivity contribution in [1.82, 2.24) is 10.6 Å². The topological polar surface area (TPSA) is 41.1 Å². The lowest BCUT2D eigenvalue weighted by Gasteiger charge is -2.05. The van der Waals surface area contributed by atoms with Crippen LogP contribution in [0.25, 0.3) is 0 Å². The molecule has 2 N–H and O–H groups in total. The quantitative estimate of drug-likeness (QED) is 0.527. The van der Waals surface area contributed by atoms with Crippen LogP contribution in [0, 0.1) is 0 Å². The number of carbonyl (C=O) groups excluding carboxylic acids is 1. The normalized spacial score (nSPS) is 9.88. The minimum absolute atomic E-state index is 0.0416. The van der Waals surface area contributed by atoms with E-state index in [4.69, 9.17) is 0 Å². The highest BCUT2D eigenvalue weighted by Crippen LogP contribution is 2.01. The highest BCUT2D eigenvalue weighted by Gasteiger charge is 1.98. The van der Waals surface area contributed by atoms with Crippen LogP contribution in [0.15, 0.2) is 43.0 Å². The second-order valence-electron chi connectivity index (χ2n) is 3.86. The van der Waals surface area contributed by atoms with Crippen LogP contribution in [0.5, 0.6) is 0 Å². The molecule has 0 aliphatic carbocycles. The fraction of sp³-hybridized carbons (Fsp3) is 0.357. The first-order valence-corrected chi connectivity index (χ1v) is 5.95. The largest absolute Gasteiger partial charge is 0.355 e. The molecule has 92 valence electrons. The lowest BCUT2D eigenvalue weighted by Crippen LogP contribution is -2.34. The van der Waals surface area contributed by atoms with Crippen molar-refractivity contribution in [3.63, 3.8) is 0 Å². The van der Waals surface area contributed by atoms with E-state index in [9.17, 15) is 4.79 Å². The van der Waals surface area contributed by atoms with Crippen molar-refractivity contribution in [3.05, 3.63) is 48.6 Å². The van der Waals surface area contributed by atoms with Gasteiger partial charge in [-0.25, -0.2) is 0 Å². The maximum absolute atomic E-state index is 11.3. The molecular formula is C14H20N2O. The number of rotatable bonds is 8. The first-order valence-electron chi connectivity index (χ1n) is 5.95. The average molecular weight is 232 g/mol. The summed E-state index contributed by atoms with van der Waals surface area (Å²) in [4.78, 5) is 11.3. The van der Waals surface area contributed by atoms with Crippen molar-refractivity contribution >= 4 is 5.91 Å². The average Bonchev–Trinajstić information content (AvgIpc) is 2.36. The summed E-state index contributed by atoms with van der Waals surface area (Å²) in [6, 6.07) is 10.3. The Morgan fingerprint density at radius 1 is 1.29 bits per heavy atom. The Morgan fingerprint density at radius 2 is 2.06 bits per heavy atom. The van der Waals surface area contributed by atoms with Crippen LogP contribution < -0.4 is 10.6 Å². The van der Waals surface area contributed by atoms with Gasteiger partial charge in [-0.3, -0.25) is 4.79 Å². The number of hydrogen-bond donors (Lipinski definition) is 2. The van der Waals surface area contributed by atoms with Crippen LogP contribution in [-0.2, 0) is 11.2 Å². The van der Waals surface area contributed by atoms with E-state index >= 15 is 0 Å². The zero-order valence-electron chi connectivity index (χ0n) is 10.1. The van der Waals surface area contributed by atoms with E-state index in [2.05, 4.69) is 29.3 Å². The van der Waals surface area contributed by atoms with E-state index < -0.39 is 0 Å². The lowest BCUT2D eigenvalue weighted by molar-refractivity contribution is -0.120. The number of hydrogen-bond acceptors (Lipinski definition) is 2. The van der Waals surface area contributed by atoms with Gasteiger partial charge in [0.25, 0.3) is 0 Å². The molecule has 1 amide bonds. The van der Waals surface area contributed by atoms with Crippen LogP contribution in [0.1, 0.15) is 12.0 Å². The van der Waals surface area contributed by atoms with Gasteiger partial charge in [-0.05, 0) is 18.4 Å². The highest BCUT2D eigenvalue weighted by atomic mass is 16.1. The fourth-order valence-electron chi connectivity index (χ4n) is 1.52. The molecule has 0 aliphatic heterocycles. The Balaban J connectivity index is 2.04. The van der Waals surface area contributed by atoms with Crippen LogP contribution in [0.2, 0.25) is 0 Å². The zero-order chi connectivity index (χ0) is 12.3. The molecule has 0 saturated carbocycles. The van der Waals surface area contributed by atoms with E-state index in [0.717, 1.165) is 19.4 Å². The Labute approximate surface area is 103 Å². The Morgan fingerprint density at radius 3 is 2.76 bits per heavy atom. The standard InChI is InChI=1S/C14H20N2O/c1-2-10-15-12-14(17)16-11-6-9-13-7-4-3-5-8-13/h2-5,7-8,15H,1,6,9-12H2,(H,16,17). The van der Waals surface area contributed by atoms with E-state index in [-0.39, 0.29) is 5.91 Å². The van der Waals surface area contributed by atoms with Gasteiger partial charge in [0.1, 0.15) is 0 Å². The molecule has 0 unspecified atom stereocenters. The fourth-order valence-corrected chi connectivity index (χ4v) is 1.52. The molecule has 0 spiro atoms. The number of nitrogens with one attached hydrogen (secondary N) is 2. The minimum Gasteiger partial charge on any atom is -0.355 e. The molecule has 3 nitrogen and oxygen atoms in total. The monoisotopic (exact) mass is 232 g/mol. The first-order chi connectivity index (χ1) is 8.33. The predicted molar refractivity (Wildman–Crippen MR) is 70.8 cm³/mol. The summed E-state index contributed by atoms with van der Waals surface area (Å²) in [7, 11) is 0. The third kappa shape index (κ3) is 6.53. The van der Waals surface area contributed by atoms with Crippen molar-refractivity contribution in [2.75, 3.05) is 19.6 Å². The third-order valence-electron chi connectivity index (χ3n) is 2.38. The Bertz CT molecular complexity index is 335. The molecule has 0 atom stereocenters. The zero-order valence-corrected chi connectivity index (χ0v) is 10.1. The van der Waals surface area contributed by atoms with E-state index in [1.54, 1.807) is 6.08 Å². The molecule has 1 aromatic carbocycles. The predicted octanol–water partition coefficient (Wildman–Crippen LogP) is 1.51. The van der Waals surface area contributed by atoms with E-state index in [1.807, 2.05) is 18.2 Å². The summed E-state index contributed by atoms with van der Waals surface area (Å²) in [6.45, 7) is 5.32. The third-order valence-corrected chi connectivity index (χ3v) is 2.38. The Hall–Kier alpha value is -1.61. The summed E-state index contributed by atoms with van der Waals surface area (Å²) in [5, 5.41) is 5.84. The second-order valence-corrected chi connectivity index (χ2v) is 3.86. The smallest absolute Gasteiger partial charge is 0.233 e. The molecule has 1 rings (SSSR count). The minimum atomic E-state index is 0.0416. The first kappa shape index (κ1) is 13.5. The maximum Gasteiger partial charge on any atom is 0.233 e. The number of amides is 1. The van der Waals surface area contributed by atoms with Crippen molar-refractivity contribution in [1.29, 1.82) is 0 Å². The Kier molecular flexibility index (Phi) is 6.75. The molecule has 0 fully saturated rings. The van der Waals surface area contributed by atoms with Gasteiger partial charge in [0.05, 0.1) is 6.54 Å². The lowest BCUT2D eigenvalue weighted by atomic mass is 10.1. The number of benzene rings is 1. The molecular weight excluding hydrogens is 212 g/mol. The molecule has 3 heteroatoms. The van der Waals surface area contributed by atoms with Crippen molar-refractivity contribution in [3.8, 4) is 0 Å². The summed E-state index contributed by atoms with van der Waals surface area (Å²) in [6.07, 6.45) is 3.71. The van der Waals surface area contributed by atoms with Crippen molar-refractivity contribution in [2.45, 2.75) is 12.8 Å². The molecule has 1 aromatic rings. The van der Waals surface area contributed by atoms with Gasteiger partial charge in [-0.2, -0.15) is 0 Å². The van der Waals surface area contributed by atoms with Crippen LogP contribution in [0.3, 0.4) is 0 Å². The van der Waals surface area contributed by atoms with Gasteiger partial charge in [0.2, 0.25) is 5.91 Å². The van der Waals surface area contributed by atoms with Gasteiger partial charge in [0.15, 0.2) is 0 Å². The van der Waals surface area contributed by atoms with Gasteiger partial charge in [-0.15, -0.1) is 6.58 Å². The van der Waals surface area contributed by atoms with Gasteiger partial charge in [0, 0.05) is 13.1 Å². The van der Waals surface area contributed by atoms with E-state index in [0.29, 0.717) is 13.1 Å². The summed E-state index contributed by atoms with van der Waals surface area (Å²) < 4.78 is 0. The molecule has 0 bridgehead atoms. The van der Waals surface area contributed by atoms with Gasteiger partial charge in [-0.1, -0.05) is 36.4 Å². The molecule has 0 radical (unpaired) electrons. The van der Waals surface area contributed by atoms with Gasteiger partial charge >= 0.3 is 0 Å². The van der Waals surface area contributed by atoms with Crippen LogP contribution in [-0.4, -0.2) is 25.5 Å². The number of carbonyl (C=O) groups is 1. The summed E-state index contributed by atoms with van der Waals surface area (Å²) in [5.74, 6) is 0.0416. The SMILES string of the molecule is C=CCNCC(=O)NCCCc1ccccc1. The molecule has 0 saturated heterocycles. The summed E-state index contributed by atoms with van der Waals surface area (Å²) in [5.41, 5.74) is 1.31. The second kappa shape index (κ2) is 8.53. The van der Waals surface area contributed by atoms with Crippen LogP contribution >= 0.6 is 0 Å². The number of aryl methyl sites for hydroxylation is 1. The van der Waals surface area contributed by atoms with E-state index in [1.165, 1.54) is 5.56 Å². The molecule has 0 aliphatic rings. The molecule has 0 aromatic heterocycles. The van der Waals surface area contributed by atoms with Crippen LogP contribution in [0.4, 0.5) is 0 Å². The van der Waals surface area contributed by atoms with Crippen molar-refractivity contribution in [2.24, 2.45) is 0 Å². The molecule has 0 heterocycles. The highest BCUT2D eigenvalue weighted by molar-refractivity contribution is 5.77. The molecule has 17 heavy (non-hydrogen) atoms. The maximum atomic E-state index is 11.3.